The van der Waals surface area contributed by atoms with Gasteiger partial charge < -0.3 is 9.47 Å². The molecule has 0 atom stereocenters. The Morgan fingerprint density at radius 2 is 1.15 bits per heavy atom. The Morgan fingerprint density at radius 1 is 0.556 bits per heavy atom. The van der Waals surface area contributed by atoms with Crippen molar-refractivity contribution < 1.29 is 9.47 Å². The van der Waals surface area contributed by atoms with Gasteiger partial charge in [0.25, 0.3) is 0 Å². The molecule has 1 aliphatic rings. The van der Waals surface area contributed by atoms with E-state index in [1.54, 1.807) is 0 Å². The maximum Gasteiger partial charge on any atom is 0.226 e. The quantitative estimate of drug-likeness (QED) is 0.394. The second kappa shape index (κ2) is 6.37. The minimum atomic E-state index is 0.138. The molecular weight excluding hydrogens is 362 g/mol. The second-order valence-corrected chi connectivity index (χ2v) is 6.27. The predicted octanol–water partition coefficient (Wildman–Crippen LogP) is 5.76. The highest BCUT2D eigenvalue weighted by atomic mass is 35.5. The van der Waals surface area contributed by atoms with Gasteiger partial charge in [0.05, 0.1) is 0 Å². The lowest BCUT2D eigenvalue weighted by Crippen LogP contribution is -2.00. The maximum atomic E-state index is 6.14. The summed E-state index contributed by atoms with van der Waals surface area (Å²) in [6, 6.07) is 22.7. The molecule has 0 spiro atoms. The lowest BCUT2D eigenvalue weighted by Gasteiger charge is -2.20. The van der Waals surface area contributed by atoms with Gasteiger partial charge in [-0.1, -0.05) is 42.5 Å². The number of fused-ring (bicyclic) bond motifs is 2. The van der Waals surface area contributed by atoms with Crippen LogP contribution in [-0.4, -0.2) is 15.0 Å². The fourth-order valence-electron chi connectivity index (χ4n) is 2.86. The van der Waals surface area contributed by atoms with Gasteiger partial charge in [-0.15, -0.1) is 0 Å². The third-order valence-corrected chi connectivity index (χ3v) is 4.30. The van der Waals surface area contributed by atoms with Crippen molar-refractivity contribution in [2.75, 3.05) is 0 Å². The Morgan fingerprint density at radius 3 is 1.89 bits per heavy atom. The van der Waals surface area contributed by atoms with Crippen molar-refractivity contribution in [3.05, 3.63) is 78.1 Å². The number of benzene rings is 3. The van der Waals surface area contributed by atoms with E-state index in [2.05, 4.69) is 15.0 Å². The molecule has 0 fully saturated rings. The average molecular weight is 374 g/mol. The highest BCUT2D eigenvalue weighted by Gasteiger charge is 2.19. The van der Waals surface area contributed by atoms with Gasteiger partial charge in [-0.3, -0.25) is 0 Å². The summed E-state index contributed by atoms with van der Waals surface area (Å²) in [6.45, 7) is 0. The molecule has 130 valence electrons. The standard InChI is InChI=1S/C21H12ClN3O2/c22-21-24-19(13-6-2-1-3-7-13)23-20(25-21)14-10-11-17-18(12-14)27-16-9-5-4-8-15(16)26-17/h1-12H. The molecule has 2 heterocycles. The summed E-state index contributed by atoms with van der Waals surface area (Å²) in [6.07, 6.45) is 0. The van der Waals surface area contributed by atoms with Gasteiger partial charge in [-0.2, -0.15) is 9.97 Å². The monoisotopic (exact) mass is 373 g/mol. The number of hydrogen-bond acceptors (Lipinski definition) is 5. The number of halogens is 1. The molecule has 5 rings (SSSR count). The van der Waals surface area contributed by atoms with E-state index in [-0.39, 0.29) is 5.28 Å². The zero-order valence-corrected chi connectivity index (χ0v) is 14.7. The fraction of sp³-hybridized carbons (Fsp3) is 0. The number of nitrogens with zero attached hydrogens (tertiary/aromatic N) is 3. The van der Waals surface area contributed by atoms with E-state index >= 15 is 0 Å². The molecule has 0 amide bonds. The molecule has 1 aromatic heterocycles. The Kier molecular flexibility index (Phi) is 3.73. The molecule has 27 heavy (non-hydrogen) atoms. The Labute approximate surface area is 160 Å². The number of hydrogen-bond donors (Lipinski definition) is 0. The summed E-state index contributed by atoms with van der Waals surface area (Å²) in [5.74, 6) is 3.59. The average Bonchev–Trinajstić information content (AvgIpc) is 2.72. The molecule has 6 heteroatoms. The highest BCUT2D eigenvalue weighted by Crippen LogP contribution is 2.46. The first-order valence-corrected chi connectivity index (χ1v) is 8.70. The number of ether oxygens (including phenoxy) is 2. The number of rotatable bonds is 2. The van der Waals surface area contributed by atoms with E-state index in [1.807, 2.05) is 72.8 Å². The summed E-state index contributed by atoms with van der Waals surface area (Å²) < 4.78 is 11.8. The van der Waals surface area contributed by atoms with Crippen LogP contribution in [0.2, 0.25) is 5.28 Å². The van der Waals surface area contributed by atoms with Crippen molar-refractivity contribution in [1.82, 2.24) is 15.0 Å². The van der Waals surface area contributed by atoms with Crippen LogP contribution in [0.4, 0.5) is 0 Å². The Balaban J connectivity index is 1.56. The first-order valence-electron chi connectivity index (χ1n) is 8.32. The SMILES string of the molecule is Clc1nc(-c2ccccc2)nc(-c2ccc3c(c2)Oc2ccccc2O3)n1. The van der Waals surface area contributed by atoms with Crippen LogP contribution >= 0.6 is 11.6 Å². The van der Waals surface area contributed by atoms with Crippen LogP contribution in [0.25, 0.3) is 22.8 Å². The molecule has 3 aromatic carbocycles. The van der Waals surface area contributed by atoms with E-state index in [9.17, 15) is 0 Å². The third kappa shape index (κ3) is 2.98. The molecule has 0 saturated heterocycles. The summed E-state index contributed by atoms with van der Waals surface area (Å²) in [7, 11) is 0. The molecule has 0 radical (unpaired) electrons. The zero-order valence-electron chi connectivity index (χ0n) is 14.0. The summed E-state index contributed by atoms with van der Waals surface area (Å²) in [5, 5.41) is 0.138. The lowest BCUT2D eigenvalue weighted by molar-refractivity contribution is 0.360. The molecule has 0 aliphatic carbocycles. The van der Waals surface area contributed by atoms with Gasteiger partial charge in [-0.25, -0.2) is 4.98 Å². The molecule has 0 unspecified atom stereocenters. The second-order valence-electron chi connectivity index (χ2n) is 5.93. The van der Waals surface area contributed by atoms with Gasteiger partial charge in [0, 0.05) is 11.1 Å². The van der Waals surface area contributed by atoms with Crippen molar-refractivity contribution in [3.8, 4) is 45.8 Å². The summed E-state index contributed by atoms with van der Waals surface area (Å²) in [4.78, 5) is 13.1. The minimum absolute atomic E-state index is 0.138. The van der Waals surface area contributed by atoms with Crippen LogP contribution in [0.3, 0.4) is 0 Å². The predicted molar refractivity (Wildman–Crippen MR) is 102 cm³/mol. The van der Waals surface area contributed by atoms with Gasteiger partial charge in [0.2, 0.25) is 5.28 Å². The van der Waals surface area contributed by atoms with Crippen LogP contribution in [0.15, 0.2) is 72.8 Å². The van der Waals surface area contributed by atoms with E-state index < -0.39 is 0 Å². The number of para-hydroxylation sites is 2. The normalized spacial score (nSPS) is 11.7. The van der Waals surface area contributed by atoms with Gasteiger partial charge in [-0.05, 0) is 41.9 Å². The van der Waals surface area contributed by atoms with Crippen LogP contribution in [0.5, 0.6) is 23.0 Å². The molecule has 1 aliphatic heterocycles. The smallest absolute Gasteiger partial charge is 0.226 e. The molecule has 0 saturated carbocycles. The van der Waals surface area contributed by atoms with Crippen molar-refractivity contribution in [2.45, 2.75) is 0 Å². The first-order chi connectivity index (χ1) is 13.3. The summed E-state index contributed by atoms with van der Waals surface area (Å²) >= 11 is 6.14. The van der Waals surface area contributed by atoms with Crippen molar-refractivity contribution in [3.63, 3.8) is 0 Å². The third-order valence-electron chi connectivity index (χ3n) is 4.13. The van der Waals surface area contributed by atoms with Crippen molar-refractivity contribution >= 4 is 11.6 Å². The molecule has 5 nitrogen and oxygen atoms in total. The minimum Gasteiger partial charge on any atom is -0.450 e. The maximum absolute atomic E-state index is 6.14. The van der Waals surface area contributed by atoms with Gasteiger partial charge >= 0.3 is 0 Å². The topological polar surface area (TPSA) is 57.1 Å². The van der Waals surface area contributed by atoms with Crippen LogP contribution < -0.4 is 9.47 Å². The van der Waals surface area contributed by atoms with Crippen LogP contribution in [-0.2, 0) is 0 Å². The zero-order chi connectivity index (χ0) is 18.2. The molecule has 4 aromatic rings. The largest absolute Gasteiger partial charge is 0.450 e. The van der Waals surface area contributed by atoms with E-state index in [0.717, 1.165) is 11.1 Å². The van der Waals surface area contributed by atoms with Gasteiger partial charge in [0.1, 0.15) is 0 Å². The summed E-state index contributed by atoms with van der Waals surface area (Å²) in [5.41, 5.74) is 1.63. The molecular formula is C21H12ClN3O2. The Hall–Kier alpha value is -3.44. The fourth-order valence-corrected chi connectivity index (χ4v) is 3.02. The van der Waals surface area contributed by atoms with E-state index in [4.69, 9.17) is 21.1 Å². The highest BCUT2D eigenvalue weighted by molar-refractivity contribution is 6.28. The van der Waals surface area contributed by atoms with Crippen molar-refractivity contribution in [2.24, 2.45) is 0 Å². The number of aromatic nitrogens is 3. The van der Waals surface area contributed by atoms with E-state index in [0.29, 0.717) is 34.6 Å². The molecule has 0 bridgehead atoms. The van der Waals surface area contributed by atoms with E-state index in [1.165, 1.54) is 0 Å². The van der Waals surface area contributed by atoms with Gasteiger partial charge in [0.15, 0.2) is 34.6 Å². The first kappa shape index (κ1) is 15.8. The Bertz CT molecular complexity index is 1150. The van der Waals surface area contributed by atoms with Crippen LogP contribution in [0, 0.1) is 0 Å². The lowest BCUT2D eigenvalue weighted by atomic mass is 10.1. The molecule has 0 N–H and O–H groups in total. The van der Waals surface area contributed by atoms with Crippen molar-refractivity contribution in [1.29, 1.82) is 0 Å². The van der Waals surface area contributed by atoms with Crippen LogP contribution in [0.1, 0.15) is 0 Å².